The zero-order chi connectivity index (χ0) is 10.7. The molecule has 0 aliphatic heterocycles. The van der Waals surface area contributed by atoms with E-state index in [-0.39, 0.29) is 5.97 Å². The number of nitrogens with zero attached hydrogens (tertiary/aromatic N) is 1. The number of hydrogen-bond acceptors (Lipinski definition) is 3. The molecule has 0 aromatic heterocycles. The molecule has 0 bridgehead atoms. The largest absolute Gasteiger partial charge is 0.468 e. The molecule has 0 atom stereocenters. The molecule has 0 heterocycles. The van der Waals surface area contributed by atoms with Crippen LogP contribution in [0.15, 0.2) is 0 Å². The van der Waals surface area contributed by atoms with Crippen LogP contribution < -0.4 is 0 Å². The zero-order valence-corrected chi connectivity index (χ0v) is 9.58. The lowest BCUT2D eigenvalue weighted by Crippen LogP contribution is -2.39. The fourth-order valence-corrected chi connectivity index (χ4v) is 2.47. The summed E-state index contributed by atoms with van der Waals surface area (Å²) in [6.07, 6.45) is 7.89. The van der Waals surface area contributed by atoms with Gasteiger partial charge >= 0.3 is 5.97 Å². The minimum atomic E-state index is -0.0810. The summed E-state index contributed by atoms with van der Waals surface area (Å²) in [6, 6.07) is 0.643. The molecule has 0 N–H and O–H groups in total. The summed E-state index contributed by atoms with van der Waals surface area (Å²) in [5.74, 6) is 0.776. The quantitative estimate of drug-likeness (QED) is 0.650. The molecule has 3 heteroatoms. The lowest BCUT2D eigenvalue weighted by atomic mass is 10.2. The molecule has 0 aromatic rings. The molecular formula is C12H21NO2. The molecule has 2 fully saturated rings. The molecule has 0 amide bonds. The van der Waals surface area contributed by atoms with E-state index < -0.39 is 0 Å². The van der Waals surface area contributed by atoms with E-state index in [1.54, 1.807) is 0 Å². The molecule has 2 aliphatic carbocycles. The maximum Gasteiger partial charge on any atom is 0.319 e. The van der Waals surface area contributed by atoms with E-state index in [0.29, 0.717) is 12.6 Å². The van der Waals surface area contributed by atoms with Gasteiger partial charge in [0.1, 0.15) is 0 Å². The molecule has 0 aromatic carbocycles. The van der Waals surface area contributed by atoms with Crippen LogP contribution in [0.25, 0.3) is 0 Å². The SMILES string of the molecule is COC(=O)CN(CC1CC1)C1CCCC1. The summed E-state index contributed by atoms with van der Waals surface area (Å²) in [5, 5.41) is 0. The number of hydrogen-bond donors (Lipinski definition) is 0. The normalized spacial score (nSPS) is 22.3. The summed E-state index contributed by atoms with van der Waals surface area (Å²) in [7, 11) is 1.48. The Bertz CT molecular complexity index is 220. The van der Waals surface area contributed by atoms with Gasteiger partial charge in [-0.1, -0.05) is 12.8 Å². The molecule has 2 rings (SSSR count). The van der Waals surface area contributed by atoms with Gasteiger partial charge in [-0.05, 0) is 31.6 Å². The first-order valence-corrected chi connectivity index (χ1v) is 6.10. The molecule has 2 aliphatic rings. The first-order chi connectivity index (χ1) is 7.29. The van der Waals surface area contributed by atoms with Crippen molar-refractivity contribution in [1.29, 1.82) is 0 Å². The Balaban J connectivity index is 1.85. The number of rotatable bonds is 5. The van der Waals surface area contributed by atoms with Gasteiger partial charge in [-0.15, -0.1) is 0 Å². The summed E-state index contributed by atoms with van der Waals surface area (Å²) >= 11 is 0. The van der Waals surface area contributed by atoms with Crippen molar-refractivity contribution in [3.05, 3.63) is 0 Å². The topological polar surface area (TPSA) is 29.5 Å². The van der Waals surface area contributed by atoms with Crippen molar-refractivity contribution in [1.82, 2.24) is 4.90 Å². The second kappa shape index (κ2) is 4.97. The molecule has 0 spiro atoms. The minimum absolute atomic E-state index is 0.0810. The Morgan fingerprint density at radius 2 is 1.93 bits per heavy atom. The summed E-state index contributed by atoms with van der Waals surface area (Å²) in [6.45, 7) is 1.61. The van der Waals surface area contributed by atoms with Gasteiger partial charge < -0.3 is 4.74 Å². The fraction of sp³-hybridized carbons (Fsp3) is 0.917. The van der Waals surface area contributed by atoms with Crippen LogP contribution in [0.4, 0.5) is 0 Å². The maximum atomic E-state index is 11.3. The second-order valence-electron chi connectivity index (χ2n) is 4.89. The van der Waals surface area contributed by atoms with Crippen LogP contribution >= 0.6 is 0 Å². The lowest BCUT2D eigenvalue weighted by Gasteiger charge is -2.27. The standard InChI is InChI=1S/C12H21NO2/c1-15-12(14)9-13(8-10-6-7-10)11-4-2-3-5-11/h10-11H,2-9H2,1H3. The molecule has 0 radical (unpaired) electrons. The number of carbonyl (C=O) groups is 1. The van der Waals surface area contributed by atoms with Gasteiger partial charge in [-0.25, -0.2) is 0 Å². The van der Waals surface area contributed by atoms with E-state index in [9.17, 15) is 4.79 Å². The van der Waals surface area contributed by atoms with E-state index in [4.69, 9.17) is 4.74 Å². The Kier molecular flexibility index (Phi) is 3.62. The van der Waals surface area contributed by atoms with Gasteiger partial charge in [0.05, 0.1) is 13.7 Å². The van der Waals surface area contributed by atoms with E-state index in [1.807, 2.05) is 0 Å². The Labute approximate surface area is 91.8 Å². The van der Waals surface area contributed by atoms with Crippen LogP contribution in [-0.2, 0) is 9.53 Å². The van der Waals surface area contributed by atoms with Crippen molar-refractivity contribution in [3.8, 4) is 0 Å². The molecule has 2 saturated carbocycles. The maximum absolute atomic E-state index is 11.3. The molecule has 0 saturated heterocycles. The van der Waals surface area contributed by atoms with Crippen molar-refractivity contribution in [3.63, 3.8) is 0 Å². The Morgan fingerprint density at radius 3 is 2.47 bits per heavy atom. The first-order valence-electron chi connectivity index (χ1n) is 6.10. The van der Waals surface area contributed by atoms with Gasteiger partial charge in [0.15, 0.2) is 0 Å². The van der Waals surface area contributed by atoms with Crippen LogP contribution in [0.1, 0.15) is 38.5 Å². The fourth-order valence-electron chi connectivity index (χ4n) is 2.47. The summed E-state index contributed by atoms with van der Waals surface area (Å²) < 4.78 is 4.76. The van der Waals surface area contributed by atoms with Gasteiger partial charge in [0.25, 0.3) is 0 Å². The van der Waals surface area contributed by atoms with Crippen LogP contribution in [0.5, 0.6) is 0 Å². The predicted molar refractivity (Wildman–Crippen MR) is 58.6 cm³/mol. The van der Waals surface area contributed by atoms with Gasteiger partial charge in [0, 0.05) is 12.6 Å². The molecule has 0 unspecified atom stereocenters. The van der Waals surface area contributed by atoms with Crippen molar-refractivity contribution in [2.45, 2.75) is 44.6 Å². The third-order valence-corrected chi connectivity index (χ3v) is 3.59. The van der Waals surface area contributed by atoms with E-state index in [2.05, 4.69) is 4.90 Å². The van der Waals surface area contributed by atoms with Crippen molar-refractivity contribution >= 4 is 5.97 Å². The third-order valence-electron chi connectivity index (χ3n) is 3.59. The van der Waals surface area contributed by atoms with Gasteiger partial charge in [-0.2, -0.15) is 0 Å². The summed E-state index contributed by atoms with van der Waals surface area (Å²) in [4.78, 5) is 13.7. The van der Waals surface area contributed by atoms with Crippen molar-refractivity contribution in [2.24, 2.45) is 5.92 Å². The molecule has 86 valence electrons. The average Bonchev–Trinajstić information content (AvgIpc) is 2.89. The first kappa shape index (κ1) is 10.9. The van der Waals surface area contributed by atoms with Gasteiger partial charge in [-0.3, -0.25) is 9.69 Å². The lowest BCUT2D eigenvalue weighted by molar-refractivity contribution is -0.142. The van der Waals surface area contributed by atoms with Crippen LogP contribution in [0.2, 0.25) is 0 Å². The highest BCUT2D eigenvalue weighted by molar-refractivity contribution is 5.71. The summed E-state index contributed by atoms with van der Waals surface area (Å²) in [5.41, 5.74) is 0. The number of carbonyl (C=O) groups excluding carboxylic acids is 1. The van der Waals surface area contributed by atoms with E-state index in [1.165, 1.54) is 45.6 Å². The number of methoxy groups -OCH3 is 1. The van der Waals surface area contributed by atoms with E-state index >= 15 is 0 Å². The number of ether oxygens (including phenoxy) is 1. The van der Waals surface area contributed by atoms with Crippen LogP contribution in [-0.4, -0.2) is 37.1 Å². The number of esters is 1. The average molecular weight is 211 g/mol. The highest BCUT2D eigenvalue weighted by Gasteiger charge is 2.30. The van der Waals surface area contributed by atoms with Crippen LogP contribution in [0, 0.1) is 5.92 Å². The zero-order valence-electron chi connectivity index (χ0n) is 9.58. The smallest absolute Gasteiger partial charge is 0.319 e. The second-order valence-corrected chi connectivity index (χ2v) is 4.89. The Hall–Kier alpha value is -0.570. The highest BCUT2D eigenvalue weighted by Crippen LogP contribution is 2.32. The monoisotopic (exact) mass is 211 g/mol. The Morgan fingerprint density at radius 1 is 1.27 bits per heavy atom. The van der Waals surface area contributed by atoms with Crippen LogP contribution in [0.3, 0.4) is 0 Å². The van der Waals surface area contributed by atoms with Crippen molar-refractivity contribution < 1.29 is 9.53 Å². The third kappa shape index (κ3) is 3.20. The molecular weight excluding hydrogens is 190 g/mol. The van der Waals surface area contributed by atoms with E-state index in [0.717, 1.165) is 12.5 Å². The highest BCUT2D eigenvalue weighted by atomic mass is 16.5. The van der Waals surface area contributed by atoms with Gasteiger partial charge in [0.2, 0.25) is 0 Å². The molecule has 3 nitrogen and oxygen atoms in total. The van der Waals surface area contributed by atoms with Crippen molar-refractivity contribution in [2.75, 3.05) is 20.2 Å². The predicted octanol–water partition coefficient (Wildman–Crippen LogP) is 1.81. The molecule has 15 heavy (non-hydrogen) atoms. The minimum Gasteiger partial charge on any atom is -0.468 e.